The van der Waals surface area contributed by atoms with E-state index in [0.29, 0.717) is 0 Å². The van der Waals surface area contributed by atoms with Crippen LogP contribution in [0.5, 0.6) is 0 Å². The lowest BCUT2D eigenvalue weighted by atomic mass is 10.1. The fourth-order valence-corrected chi connectivity index (χ4v) is 6.44. The number of carbonyl (C=O) groups is 1. The molecule has 0 saturated heterocycles. The van der Waals surface area contributed by atoms with Crippen LogP contribution in [0.2, 0.25) is 0 Å². The highest BCUT2D eigenvalue weighted by atomic mass is 32.3. The Morgan fingerprint density at radius 2 is 1.25 bits per heavy atom. The number of hydrogen-bond donors (Lipinski definition) is 0. The Kier molecular flexibility index (Phi) is 6.94. The molecule has 0 fully saturated rings. The van der Waals surface area contributed by atoms with Gasteiger partial charge in [-0.15, -0.1) is 0 Å². The fourth-order valence-electron chi connectivity index (χ4n) is 3.38. The summed E-state index contributed by atoms with van der Waals surface area (Å²) in [5, 5.41) is 0. The van der Waals surface area contributed by atoms with Crippen molar-refractivity contribution in [3.63, 3.8) is 0 Å². The Bertz CT molecular complexity index is 834. The van der Waals surface area contributed by atoms with Crippen LogP contribution >= 0.6 is 10.3 Å². The molecule has 0 aliphatic heterocycles. The SMILES string of the molecule is CCCCCc1ccc(S(OC(C)=O)(c2ccccc2)c2ccccc2)cc1. The van der Waals surface area contributed by atoms with Crippen molar-refractivity contribution < 1.29 is 8.98 Å². The van der Waals surface area contributed by atoms with Crippen molar-refractivity contribution >= 4 is 16.3 Å². The summed E-state index contributed by atoms with van der Waals surface area (Å²) in [6.07, 6.45) is 4.76. The molecule has 0 amide bonds. The predicted molar refractivity (Wildman–Crippen MR) is 117 cm³/mol. The van der Waals surface area contributed by atoms with Gasteiger partial charge in [0.05, 0.1) is 0 Å². The maximum absolute atomic E-state index is 12.2. The summed E-state index contributed by atoms with van der Waals surface area (Å²) in [6.45, 7) is 3.71. The molecule has 2 nitrogen and oxygen atoms in total. The molecule has 0 aliphatic rings. The number of hydrogen-bond acceptors (Lipinski definition) is 2. The number of rotatable bonds is 8. The van der Waals surface area contributed by atoms with Gasteiger partial charge in [0.25, 0.3) is 0 Å². The zero-order chi connectivity index (χ0) is 19.8. The smallest absolute Gasteiger partial charge is 0.313 e. The summed E-state index contributed by atoms with van der Waals surface area (Å²) in [5.74, 6) is -0.269. The predicted octanol–water partition coefficient (Wildman–Crippen LogP) is 7.18. The van der Waals surface area contributed by atoms with Crippen LogP contribution in [-0.2, 0) is 15.4 Å². The van der Waals surface area contributed by atoms with Crippen molar-refractivity contribution in [2.45, 2.75) is 54.2 Å². The van der Waals surface area contributed by atoms with Crippen molar-refractivity contribution in [3.05, 3.63) is 90.5 Å². The van der Waals surface area contributed by atoms with Gasteiger partial charge in [-0.25, -0.2) is 0 Å². The van der Waals surface area contributed by atoms with Crippen molar-refractivity contribution in [2.75, 3.05) is 0 Å². The van der Waals surface area contributed by atoms with E-state index in [1.54, 1.807) is 0 Å². The van der Waals surface area contributed by atoms with Crippen LogP contribution in [0.4, 0.5) is 0 Å². The zero-order valence-corrected chi connectivity index (χ0v) is 17.5. The van der Waals surface area contributed by atoms with E-state index < -0.39 is 10.3 Å². The Morgan fingerprint density at radius 1 is 0.750 bits per heavy atom. The van der Waals surface area contributed by atoms with Crippen LogP contribution < -0.4 is 0 Å². The Labute approximate surface area is 170 Å². The summed E-state index contributed by atoms with van der Waals surface area (Å²) >= 11 is 0. The summed E-state index contributed by atoms with van der Waals surface area (Å²) < 4.78 is 6.18. The summed E-state index contributed by atoms with van der Waals surface area (Å²) in [7, 11) is -2.12. The number of aryl methyl sites for hydroxylation is 1. The highest BCUT2D eigenvalue weighted by molar-refractivity contribution is 8.30. The summed E-state index contributed by atoms with van der Waals surface area (Å²) in [5.41, 5.74) is 1.33. The monoisotopic (exact) mass is 392 g/mol. The van der Waals surface area contributed by atoms with E-state index in [1.165, 1.54) is 31.7 Å². The lowest BCUT2D eigenvalue weighted by Crippen LogP contribution is -2.11. The summed E-state index contributed by atoms with van der Waals surface area (Å²) in [6, 6.07) is 28.9. The van der Waals surface area contributed by atoms with Crippen LogP contribution in [0.25, 0.3) is 0 Å². The van der Waals surface area contributed by atoms with Gasteiger partial charge in [0.1, 0.15) is 0 Å². The highest BCUT2D eigenvalue weighted by Gasteiger charge is 2.34. The van der Waals surface area contributed by atoms with Crippen molar-refractivity contribution in [3.8, 4) is 0 Å². The lowest BCUT2D eigenvalue weighted by Gasteiger charge is -2.39. The molecular formula is C25H28O2S. The molecule has 0 saturated carbocycles. The van der Waals surface area contributed by atoms with Gasteiger partial charge in [0.15, 0.2) is 0 Å². The fraction of sp³-hybridized carbons (Fsp3) is 0.240. The van der Waals surface area contributed by atoms with E-state index in [0.717, 1.165) is 21.1 Å². The van der Waals surface area contributed by atoms with Crippen LogP contribution in [0.1, 0.15) is 38.7 Å². The first-order valence-electron chi connectivity index (χ1n) is 9.89. The van der Waals surface area contributed by atoms with Gasteiger partial charge < -0.3 is 4.18 Å². The normalized spacial score (nSPS) is 11.8. The molecule has 0 radical (unpaired) electrons. The second-order valence-electron chi connectivity index (χ2n) is 6.86. The molecule has 0 bridgehead atoms. The standard InChI is InChI=1S/C25H28O2S/c1-3-4-7-12-22-17-19-25(20-18-22)28(27-21(2)26,23-13-8-5-9-14-23)24-15-10-6-11-16-24/h5-6,8-11,13-20H,3-4,7,12H2,1-2H3. The van der Waals surface area contributed by atoms with Crippen molar-refractivity contribution in [2.24, 2.45) is 0 Å². The molecule has 0 unspecified atom stereocenters. The third-order valence-corrected chi connectivity index (χ3v) is 8.01. The first-order chi connectivity index (χ1) is 13.7. The largest absolute Gasteiger partial charge is 0.402 e. The molecule has 3 aromatic carbocycles. The maximum Gasteiger partial charge on any atom is 0.313 e. The molecule has 28 heavy (non-hydrogen) atoms. The van der Waals surface area contributed by atoms with Gasteiger partial charge in [-0.05, 0) is 65.1 Å². The van der Waals surface area contributed by atoms with E-state index in [9.17, 15) is 4.79 Å². The molecule has 3 rings (SSSR count). The molecule has 0 N–H and O–H groups in total. The Hall–Kier alpha value is -2.52. The van der Waals surface area contributed by atoms with Crippen molar-refractivity contribution in [1.82, 2.24) is 0 Å². The van der Waals surface area contributed by atoms with Gasteiger partial charge in [-0.1, -0.05) is 68.3 Å². The van der Waals surface area contributed by atoms with Crippen LogP contribution in [-0.4, -0.2) is 5.97 Å². The van der Waals surface area contributed by atoms with Gasteiger partial charge in [-0.2, -0.15) is 0 Å². The maximum atomic E-state index is 12.2. The Morgan fingerprint density at radius 3 is 1.71 bits per heavy atom. The first-order valence-corrected chi connectivity index (χ1v) is 11.4. The molecule has 0 heterocycles. The molecule has 146 valence electrons. The summed E-state index contributed by atoms with van der Waals surface area (Å²) in [4.78, 5) is 15.3. The second-order valence-corrected chi connectivity index (χ2v) is 9.55. The molecule has 0 aliphatic carbocycles. The molecular weight excluding hydrogens is 364 g/mol. The average Bonchev–Trinajstić information content (AvgIpc) is 2.74. The van der Waals surface area contributed by atoms with E-state index in [4.69, 9.17) is 4.18 Å². The van der Waals surface area contributed by atoms with Gasteiger partial charge in [0, 0.05) is 21.6 Å². The van der Waals surface area contributed by atoms with E-state index in [2.05, 4.69) is 55.5 Å². The quantitative estimate of drug-likeness (QED) is 0.380. The number of benzene rings is 3. The third-order valence-electron chi connectivity index (χ3n) is 4.72. The van der Waals surface area contributed by atoms with Gasteiger partial charge in [-0.3, -0.25) is 4.79 Å². The van der Waals surface area contributed by atoms with Gasteiger partial charge in [0.2, 0.25) is 0 Å². The van der Waals surface area contributed by atoms with Crippen molar-refractivity contribution in [1.29, 1.82) is 0 Å². The van der Waals surface area contributed by atoms with Crippen LogP contribution in [0.15, 0.2) is 99.6 Å². The van der Waals surface area contributed by atoms with Crippen LogP contribution in [0, 0.1) is 0 Å². The Balaban J connectivity index is 2.11. The minimum atomic E-state index is -2.12. The number of unbranched alkanes of at least 4 members (excludes halogenated alkanes) is 2. The average molecular weight is 393 g/mol. The second kappa shape index (κ2) is 9.61. The highest BCUT2D eigenvalue weighted by Crippen LogP contribution is 2.69. The van der Waals surface area contributed by atoms with E-state index in [1.807, 2.05) is 36.4 Å². The molecule has 0 atom stereocenters. The van der Waals surface area contributed by atoms with Crippen LogP contribution in [0.3, 0.4) is 0 Å². The minimum Gasteiger partial charge on any atom is -0.402 e. The molecule has 3 heteroatoms. The lowest BCUT2D eigenvalue weighted by molar-refractivity contribution is -0.131. The van der Waals surface area contributed by atoms with E-state index in [-0.39, 0.29) is 5.97 Å². The molecule has 0 spiro atoms. The topological polar surface area (TPSA) is 26.3 Å². The molecule has 3 aromatic rings. The molecule has 0 aromatic heterocycles. The zero-order valence-electron chi connectivity index (χ0n) is 16.6. The third kappa shape index (κ3) is 4.48. The minimum absolute atomic E-state index is 0.269. The number of carbonyl (C=O) groups excluding carboxylic acids is 1. The van der Waals surface area contributed by atoms with Gasteiger partial charge >= 0.3 is 5.97 Å². The van der Waals surface area contributed by atoms with E-state index >= 15 is 0 Å². The first kappa shape index (κ1) is 20.2.